The Labute approximate surface area is 187 Å². The predicted molar refractivity (Wildman–Crippen MR) is 124 cm³/mol. The minimum absolute atomic E-state index is 0.211. The van der Waals surface area contributed by atoms with Crippen molar-refractivity contribution in [2.24, 2.45) is 0 Å². The van der Waals surface area contributed by atoms with Crippen LogP contribution < -0.4 is 10.2 Å². The summed E-state index contributed by atoms with van der Waals surface area (Å²) < 4.78 is 1.76. The number of rotatable bonds is 6. The van der Waals surface area contributed by atoms with Crippen LogP contribution in [0.15, 0.2) is 55.1 Å². The minimum Gasteiger partial charge on any atom is -0.478 e. The maximum Gasteiger partial charge on any atom is 0.335 e. The van der Waals surface area contributed by atoms with Gasteiger partial charge in [0.1, 0.15) is 11.4 Å². The Balaban J connectivity index is 1.59. The Morgan fingerprint density at radius 1 is 1.19 bits per heavy atom. The summed E-state index contributed by atoms with van der Waals surface area (Å²) in [5.41, 5.74) is 5.38. The van der Waals surface area contributed by atoms with Crippen molar-refractivity contribution < 1.29 is 14.7 Å². The molecular weight excluding hydrogens is 404 g/mol. The highest BCUT2D eigenvalue weighted by atomic mass is 16.4. The number of benzene rings is 2. The molecule has 1 aliphatic heterocycles. The Morgan fingerprint density at radius 3 is 2.56 bits per heavy atom. The number of carboxylic acids is 1. The number of nitrogens with zero attached hydrogens (tertiary/aromatic N) is 3. The zero-order chi connectivity index (χ0) is 23.0. The van der Waals surface area contributed by atoms with Crippen molar-refractivity contribution in [2.75, 3.05) is 11.4 Å². The Morgan fingerprint density at radius 2 is 1.91 bits per heavy atom. The molecule has 32 heavy (non-hydrogen) atoms. The van der Waals surface area contributed by atoms with Gasteiger partial charge in [0.25, 0.3) is 5.91 Å². The quantitative estimate of drug-likeness (QED) is 0.613. The van der Waals surface area contributed by atoms with Crippen molar-refractivity contribution in [2.45, 2.75) is 33.4 Å². The topological polar surface area (TPSA) is 87.5 Å². The third kappa shape index (κ3) is 4.01. The van der Waals surface area contributed by atoms with Crippen LogP contribution in [0.2, 0.25) is 0 Å². The molecule has 3 aromatic rings. The van der Waals surface area contributed by atoms with Gasteiger partial charge in [-0.15, -0.1) is 0 Å². The summed E-state index contributed by atoms with van der Waals surface area (Å²) in [4.78, 5) is 26.5. The van der Waals surface area contributed by atoms with Gasteiger partial charge in [0, 0.05) is 6.54 Å². The second-order valence-corrected chi connectivity index (χ2v) is 8.23. The number of aryl methyl sites for hydroxylation is 2. The molecule has 2 aromatic carbocycles. The standard InChI is InChI=1S/C25H26N4O3/c1-15-6-5-7-19(12-15)14-28-13-16(2)29-24(28)22(18(4)27-29)23(30)26-17(3)20-8-10-21(11-9-20)25(31)32/h5-12,17H,2,13-14H2,1,3-4H3,(H,26,30)(H,31,32)/t17-/m0/s1. The molecule has 0 radical (unpaired) electrons. The summed E-state index contributed by atoms with van der Waals surface area (Å²) >= 11 is 0. The largest absolute Gasteiger partial charge is 0.478 e. The number of nitrogens with one attached hydrogen (secondary N) is 1. The molecule has 1 aromatic heterocycles. The van der Waals surface area contributed by atoms with Gasteiger partial charge in [-0.05, 0) is 44.0 Å². The lowest BCUT2D eigenvalue weighted by Crippen LogP contribution is -2.29. The zero-order valence-corrected chi connectivity index (χ0v) is 18.4. The highest BCUT2D eigenvalue weighted by Gasteiger charge is 2.32. The van der Waals surface area contributed by atoms with E-state index in [1.807, 2.05) is 19.9 Å². The van der Waals surface area contributed by atoms with E-state index in [2.05, 4.69) is 47.0 Å². The van der Waals surface area contributed by atoms with Crippen molar-refractivity contribution >= 4 is 23.4 Å². The maximum absolute atomic E-state index is 13.3. The zero-order valence-electron chi connectivity index (χ0n) is 18.4. The van der Waals surface area contributed by atoms with E-state index in [1.54, 1.807) is 16.8 Å². The smallest absolute Gasteiger partial charge is 0.335 e. The number of hydrogen-bond acceptors (Lipinski definition) is 4. The Kier molecular flexibility index (Phi) is 5.57. The third-order valence-electron chi connectivity index (χ3n) is 5.70. The number of anilines is 1. The van der Waals surface area contributed by atoms with E-state index in [1.165, 1.54) is 17.7 Å². The molecule has 2 heterocycles. The number of aromatic carboxylic acids is 1. The summed E-state index contributed by atoms with van der Waals surface area (Å²) in [6.07, 6.45) is 0. The number of carbonyl (C=O) groups excluding carboxylic acids is 1. The van der Waals surface area contributed by atoms with Crippen molar-refractivity contribution in [3.05, 3.63) is 88.6 Å². The van der Waals surface area contributed by atoms with E-state index in [9.17, 15) is 9.59 Å². The van der Waals surface area contributed by atoms with Gasteiger partial charge >= 0.3 is 5.97 Å². The molecule has 2 N–H and O–H groups in total. The van der Waals surface area contributed by atoms with E-state index in [0.29, 0.717) is 24.3 Å². The lowest BCUT2D eigenvalue weighted by molar-refractivity contribution is 0.0696. The van der Waals surface area contributed by atoms with E-state index >= 15 is 0 Å². The average Bonchev–Trinajstić information content (AvgIpc) is 3.24. The van der Waals surface area contributed by atoms with E-state index in [-0.39, 0.29) is 17.5 Å². The fourth-order valence-corrected chi connectivity index (χ4v) is 4.08. The lowest BCUT2D eigenvalue weighted by Gasteiger charge is -2.20. The molecule has 0 aliphatic carbocycles. The van der Waals surface area contributed by atoms with E-state index < -0.39 is 5.97 Å². The van der Waals surface area contributed by atoms with Crippen LogP contribution in [0.4, 0.5) is 5.82 Å². The van der Waals surface area contributed by atoms with Gasteiger partial charge in [0.05, 0.1) is 29.5 Å². The van der Waals surface area contributed by atoms with E-state index in [0.717, 1.165) is 22.6 Å². The maximum atomic E-state index is 13.3. The fourth-order valence-electron chi connectivity index (χ4n) is 4.08. The van der Waals surface area contributed by atoms with Gasteiger partial charge < -0.3 is 15.3 Å². The number of fused-ring (bicyclic) bond motifs is 1. The van der Waals surface area contributed by atoms with Gasteiger partial charge in [0.2, 0.25) is 0 Å². The molecule has 164 valence electrons. The second kappa shape index (κ2) is 8.34. The first-order valence-electron chi connectivity index (χ1n) is 10.5. The first-order chi connectivity index (χ1) is 15.2. The summed E-state index contributed by atoms with van der Waals surface area (Å²) in [5.74, 6) is -0.448. The van der Waals surface area contributed by atoms with Crippen molar-refractivity contribution in [1.82, 2.24) is 15.1 Å². The third-order valence-corrected chi connectivity index (χ3v) is 5.70. The highest BCUT2D eigenvalue weighted by molar-refractivity contribution is 6.01. The first kappa shape index (κ1) is 21.4. The monoisotopic (exact) mass is 430 g/mol. The molecule has 1 aliphatic rings. The lowest BCUT2D eigenvalue weighted by atomic mass is 10.1. The molecule has 0 bridgehead atoms. The number of carbonyl (C=O) groups is 2. The normalized spacial score (nSPS) is 13.7. The number of amides is 1. The number of aromatic nitrogens is 2. The van der Waals surface area contributed by atoms with Crippen LogP contribution in [0.3, 0.4) is 0 Å². The predicted octanol–water partition coefficient (Wildman–Crippen LogP) is 4.18. The first-order valence-corrected chi connectivity index (χ1v) is 10.5. The molecule has 1 atom stereocenters. The van der Waals surface area contributed by atoms with Crippen LogP contribution in [0.5, 0.6) is 0 Å². The Hall–Kier alpha value is -3.87. The highest BCUT2D eigenvalue weighted by Crippen LogP contribution is 2.34. The summed E-state index contributed by atoms with van der Waals surface area (Å²) in [6, 6.07) is 14.5. The molecule has 7 heteroatoms. The van der Waals surface area contributed by atoms with Gasteiger partial charge in [-0.3, -0.25) is 4.79 Å². The second-order valence-electron chi connectivity index (χ2n) is 8.23. The van der Waals surface area contributed by atoms with Crippen molar-refractivity contribution in [3.8, 4) is 0 Å². The molecule has 0 saturated carbocycles. The molecule has 0 fully saturated rings. The summed E-state index contributed by atoms with van der Waals surface area (Å²) in [6.45, 7) is 11.1. The van der Waals surface area contributed by atoms with Crippen molar-refractivity contribution in [1.29, 1.82) is 0 Å². The minimum atomic E-state index is -0.978. The van der Waals surface area contributed by atoms with Crippen LogP contribution in [0.25, 0.3) is 5.70 Å². The van der Waals surface area contributed by atoms with Gasteiger partial charge in [-0.2, -0.15) is 5.10 Å². The van der Waals surface area contributed by atoms with Crippen LogP contribution >= 0.6 is 0 Å². The molecule has 0 saturated heterocycles. The molecule has 7 nitrogen and oxygen atoms in total. The van der Waals surface area contributed by atoms with Gasteiger partial charge in [0.15, 0.2) is 0 Å². The molecule has 1 amide bonds. The number of hydrogen-bond donors (Lipinski definition) is 2. The Bertz CT molecular complexity index is 1210. The summed E-state index contributed by atoms with van der Waals surface area (Å²) in [5, 5.41) is 16.7. The molecule has 4 rings (SSSR count). The van der Waals surface area contributed by atoms with Gasteiger partial charge in [-0.1, -0.05) is 48.5 Å². The number of carboxylic acid groups (broad SMARTS) is 1. The fraction of sp³-hybridized carbons (Fsp3) is 0.240. The van der Waals surface area contributed by atoms with Crippen LogP contribution in [-0.4, -0.2) is 33.3 Å². The van der Waals surface area contributed by atoms with Gasteiger partial charge in [-0.25, -0.2) is 9.48 Å². The van der Waals surface area contributed by atoms with Crippen molar-refractivity contribution in [3.63, 3.8) is 0 Å². The molecular formula is C25H26N4O3. The molecule has 0 spiro atoms. The molecule has 0 unspecified atom stereocenters. The average molecular weight is 431 g/mol. The van der Waals surface area contributed by atoms with Crippen LogP contribution in [0, 0.1) is 13.8 Å². The summed E-state index contributed by atoms with van der Waals surface area (Å²) in [7, 11) is 0. The van der Waals surface area contributed by atoms with Crippen LogP contribution in [0.1, 0.15) is 56.1 Å². The van der Waals surface area contributed by atoms with E-state index in [4.69, 9.17) is 5.11 Å². The van der Waals surface area contributed by atoms with Crippen LogP contribution in [-0.2, 0) is 6.54 Å². The SMILES string of the molecule is C=C1CN(Cc2cccc(C)c2)c2c(C(=O)N[C@@H](C)c3ccc(C(=O)O)cc3)c(C)nn21.